The molecular weight excluding hydrogens is 116 g/mol. The van der Waals surface area contributed by atoms with Crippen molar-refractivity contribution < 1.29 is 19.4 Å². The maximum Gasteiger partial charge on any atom is 0.160 e. The lowest BCUT2D eigenvalue weighted by atomic mass is 10.3. The first kappa shape index (κ1) is 1.66. The average Bonchev–Trinajstić information content (AvgIpc) is 2.17. The number of para-hydroxylation sites is 2. The van der Waals surface area contributed by atoms with Gasteiger partial charge in [-0.3, -0.25) is 0 Å². The van der Waals surface area contributed by atoms with Crippen molar-refractivity contribution in [2.45, 2.75) is 0 Å². The van der Waals surface area contributed by atoms with Crippen molar-refractivity contribution in [1.82, 2.24) is 0 Å². The lowest BCUT2D eigenvalue weighted by Gasteiger charge is -1.99. The average molecular weight is 131 g/mol. The summed E-state index contributed by atoms with van der Waals surface area (Å²) in [5, 5.41) is 9.36. The van der Waals surface area contributed by atoms with Gasteiger partial charge < -0.3 is 9.84 Å². The second kappa shape index (κ2) is 2.40. The summed E-state index contributed by atoms with van der Waals surface area (Å²) in [6.45, 7) is 0. The monoisotopic (exact) mass is 131 g/mol. The quantitative estimate of drug-likeness (QED) is 0.624. The zero-order chi connectivity index (χ0) is 12.7. The number of hydrogen-bond acceptors (Lipinski definition) is 2. The number of benzene rings is 1. The van der Waals surface area contributed by atoms with Gasteiger partial charge in [0, 0.05) is 0 Å². The Hall–Kier alpha value is -1.18. The highest BCUT2D eigenvalue weighted by Crippen LogP contribution is 2.22. The fourth-order valence-electron chi connectivity index (χ4n) is 0.368. The fourth-order valence-corrected chi connectivity index (χ4v) is 0.368. The highest BCUT2D eigenvalue weighted by Gasteiger charge is 1.94. The SMILES string of the molecule is [2H]c1c([2H])c([2H])c(OC([2H])([2H])[2H])c(O)c1[2H]. The normalized spacial score (nSPS) is 21.6. The van der Waals surface area contributed by atoms with Crippen LogP contribution in [-0.2, 0) is 0 Å². The Morgan fingerprint density at radius 1 is 1.67 bits per heavy atom. The minimum absolute atomic E-state index is 0.652. The molecule has 0 amide bonds. The standard InChI is InChI=1S/C7H8O2/c1-9-7-5-3-2-4-6(7)8/h2-5,8H,1H3/i1D3,2D,3D,4D,5D. The molecule has 1 aromatic carbocycles. The van der Waals surface area contributed by atoms with Crippen LogP contribution in [0.5, 0.6) is 11.5 Å². The van der Waals surface area contributed by atoms with Crippen LogP contribution < -0.4 is 4.74 Å². The number of ether oxygens (including phenoxy) is 1. The minimum Gasteiger partial charge on any atom is -0.504 e. The summed E-state index contributed by atoms with van der Waals surface area (Å²) in [6, 6.07) is -2.78. The Bertz CT molecular complexity index is 397. The highest BCUT2D eigenvalue weighted by atomic mass is 16.5. The molecule has 2 heteroatoms. The molecule has 0 fully saturated rings. The van der Waals surface area contributed by atoms with Crippen molar-refractivity contribution in [2.75, 3.05) is 7.04 Å². The van der Waals surface area contributed by atoms with E-state index in [1.54, 1.807) is 0 Å². The first-order valence-corrected chi connectivity index (χ1v) is 2.13. The van der Waals surface area contributed by atoms with Gasteiger partial charge in [-0.15, -0.1) is 0 Å². The van der Waals surface area contributed by atoms with Crippen LogP contribution in [-0.4, -0.2) is 12.1 Å². The summed E-state index contributed by atoms with van der Waals surface area (Å²) < 4.78 is 53.7. The summed E-state index contributed by atoms with van der Waals surface area (Å²) in [6.07, 6.45) is 0. The molecule has 0 aliphatic rings. The highest BCUT2D eigenvalue weighted by molar-refractivity contribution is 5.37. The van der Waals surface area contributed by atoms with E-state index in [1.165, 1.54) is 0 Å². The smallest absolute Gasteiger partial charge is 0.160 e. The van der Waals surface area contributed by atoms with Crippen molar-refractivity contribution in [3.63, 3.8) is 0 Å². The Balaban J connectivity index is 3.40. The molecule has 0 bridgehead atoms. The number of phenolic OH excluding ortho intramolecular Hbond substituents is 1. The lowest BCUT2D eigenvalue weighted by Crippen LogP contribution is -1.80. The van der Waals surface area contributed by atoms with Crippen LogP contribution >= 0.6 is 0 Å². The number of methoxy groups -OCH3 is 1. The largest absolute Gasteiger partial charge is 0.504 e. The van der Waals surface area contributed by atoms with Gasteiger partial charge in [-0.05, 0) is 12.1 Å². The van der Waals surface area contributed by atoms with Crippen molar-refractivity contribution >= 4 is 0 Å². The third-order valence-electron chi connectivity index (χ3n) is 0.737. The second-order valence-corrected chi connectivity index (χ2v) is 1.28. The van der Waals surface area contributed by atoms with Crippen molar-refractivity contribution in [3.8, 4) is 11.5 Å². The van der Waals surface area contributed by atoms with E-state index in [0.717, 1.165) is 0 Å². The summed E-state index contributed by atoms with van der Waals surface area (Å²) >= 11 is 0. The predicted octanol–water partition coefficient (Wildman–Crippen LogP) is 1.40. The predicted molar refractivity (Wildman–Crippen MR) is 34.7 cm³/mol. The van der Waals surface area contributed by atoms with Gasteiger partial charge in [-0.25, -0.2) is 0 Å². The van der Waals surface area contributed by atoms with Crippen molar-refractivity contribution in [1.29, 1.82) is 0 Å². The molecule has 0 unspecified atom stereocenters. The molecule has 1 N–H and O–H groups in total. The first-order chi connectivity index (χ1) is 7.15. The molecular formula is C7H8O2. The molecule has 1 aromatic rings. The number of hydrogen-bond donors (Lipinski definition) is 1. The van der Waals surface area contributed by atoms with Crippen LogP contribution in [0.2, 0.25) is 0 Å². The fraction of sp³-hybridized carbons (Fsp3) is 0.143. The number of rotatable bonds is 1. The van der Waals surface area contributed by atoms with E-state index in [1.807, 2.05) is 0 Å². The van der Waals surface area contributed by atoms with Gasteiger partial charge in [0.1, 0.15) is 0 Å². The topological polar surface area (TPSA) is 29.5 Å². The Morgan fingerprint density at radius 3 is 3.22 bits per heavy atom. The van der Waals surface area contributed by atoms with Crippen LogP contribution in [0.3, 0.4) is 0 Å². The molecule has 48 valence electrons. The molecule has 0 heterocycles. The third-order valence-corrected chi connectivity index (χ3v) is 0.737. The van der Waals surface area contributed by atoms with Crippen molar-refractivity contribution in [2.24, 2.45) is 0 Å². The van der Waals surface area contributed by atoms with E-state index in [9.17, 15) is 5.11 Å². The molecule has 0 spiro atoms. The van der Waals surface area contributed by atoms with E-state index in [2.05, 4.69) is 4.74 Å². The molecule has 0 radical (unpaired) electrons. The van der Waals surface area contributed by atoms with E-state index in [0.29, 0.717) is 0 Å². The molecule has 0 aromatic heterocycles. The van der Waals surface area contributed by atoms with Gasteiger partial charge >= 0.3 is 0 Å². The summed E-state index contributed by atoms with van der Waals surface area (Å²) in [5.74, 6) is -1.69. The van der Waals surface area contributed by atoms with Crippen LogP contribution in [0.15, 0.2) is 24.2 Å². The zero-order valence-corrected chi connectivity index (χ0v) is 4.36. The van der Waals surface area contributed by atoms with Gasteiger partial charge in [0.15, 0.2) is 11.5 Å². The van der Waals surface area contributed by atoms with Gasteiger partial charge in [0.25, 0.3) is 0 Å². The summed E-state index contributed by atoms with van der Waals surface area (Å²) in [5.41, 5.74) is 0. The molecule has 2 nitrogen and oxygen atoms in total. The number of aromatic hydroxyl groups is 1. The number of phenols is 1. The van der Waals surface area contributed by atoms with Gasteiger partial charge in [0.05, 0.1) is 16.6 Å². The van der Waals surface area contributed by atoms with Crippen LogP contribution in [0, 0.1) is 0 Å². The Morgan fingerprint density at radius 2 is 2.44 bits per heavy atom. The molecule has 0 saturated heterocycles. The van der Waals surface area contributed by atoms with E-state index in [4.69, 9.17) is 9.60 Å². The summed E-state index contributed by atoms with van der Waals surface area (Å²) in [4.78, 5) is 0. The molecule has 0 aliphatic carbocycles. The minimum atomic E-state index is -2.89. The first-order valence-electron chi connectivity index (χ1n) is 5.63. The van der Waals surface area contributed by atoms with Gasteiger partial charge in [-0.2, -0.15) is 0 Å². The maximum absolute atomic E-state index is 9.36. The third kappa shape index (κ3) is 1.13. The second-order valence-electron chi connectivity index (χ2n) is 1.28. The van der Waals surface area contributed by atoms with E-state index >= 15 is 0 Å². The van der Waals surface area contributed by atoms with E-state index in [-0.39, 0.29) is 0 Å². The summed E-state index contributed by atoms with van der Waals surface area (Å²) in [7, 11) is -2.89. The zero-order valence-electron chi connectivity index (χ0n) is 11.4. The van der Waals surface area contributed by atoms with E-state index < -0.39 is 42.7 Å². The lowest BCUT2D eigenvalue weighted by molar-refractivity contribution is 0.373. The molecule has 1 rings (SSSR count). The molecule has 0 atom stereocenters. The van der Waals surface area contributed by atoms with Crippen molar-refractivity contribution in [3.05, 3.63) is 24.2 Å². The van der Waals surface area contributed by atoms with Crippen LogP contribution in [0.25, 0.3) is 0 Å². The van der Waals surface area contributed by atoms with Gasteiger partial charge in [0.2, 0.25) is 0 Å². The maximum atomic E-state index is 9.36. The molecule has 0 saturated carbocycles. The molecule has 9 heavy (non-hydrogen) atoms. The van der Waals surface area contributed by atoms with Crippen LogP contribution in [0.4, 0.5) is 0 Å². The Labute approximate surface area is 63.5 Å². The van der Waals surface area contributed by atoms with Gasteiger partial charge in [-0.1, -0.05) is 12.1 Å². The van der Waals surface area contributed by atoms with Crippen LogP contribution in [0.1, 0.15) is 9.60 Å². The Kier molecular flexibility index (Phi) is 0.441. The molecule has 0 aliphatic heterocycles.